The zero-order valence-electron chi connectivity index (χ0n) is 11.0. The van der Waals surface area contributed by atoms with Gasteiger partial charge in [-0.25, -0.2) is 0 Å². The van der Waals surface area contributed by atoms with Crippen molar-refractivity contribution >= 4 is 17.3 Å². The molecule has 4 heteroatoms. The van der Waals surface area contributed by atoms with Gasteiger partial charge < -0.3 is 10.2 Å². The molecule has 1 N–H and O–H groups in total. The van der Waals surface area contributed by atoms with Crippen LogP contribution in [0.2, 0.25) is 0 Å². The third kappa shape index (κ3) is 4.69. The Morgan fingerprint density at radius 2 is 2.18 bits per heavy atom. The maximum Gasteiger partial charge on any atom is 0.169 e. The van der Waals surface area contributed by atoms with Gasteiger partial charge in [-0.05, 0) is 52.0 Å². The van der Waals surface area contributed by atoms with Crippen molar-refractivity contribution in [2.75, 3.05) is 6.54 Å². The number of hydrogen-bond acceptors (Lipinski definition) is 2. The molecule has 1 aromatic rings. The normalized spacial score (nSPS) is 10.4. The molecule has 17 heavy (non-hydrogen) atoms. The van der Waals surface area contributed by atoms with Crippen molar-refractivity contribution in [1.82, 2.24) is 15.2 Å². The van der Waals surface area contributed by atoms with E-state index < -0.39 is 0 Å². The molecule has 1 aromatic heterocycles. The van der Waals surface area contributed by atoms with Crippen LogP contribution in [0, 0.1) is 6.92 Å². The Kier molecular flexibility index (Phi) is 5.35. The average Bonchev–Trinajstić information content (AvgIpc) is 2.24. The summed E-state index contributed by atoms with van der Waals surface area (Å²) in [5, 5.41) is 4.06. The number of thiocarbonyl (C=S) groups is 1. The number of pyridine rings is 1. The first kappa shape index (κ1) is 13.9. The first-order valence-corrected chi connectivity index (χ1v) is 6.41. The Morgan fingerprint density at radius 3 is 2.71 bits per heavy atom. The minimum atomic E-state index is 0.363. The van der Waals surface area contributed by atoms with Gasteiger partial charge in [0, 0.05) is 18.3 Å². The van der Waals surface area contributed by atoms with Gasteiger partial charge >= 0.3 is 0 Å². The summed E-state index contributed by atoms with van der Waals surface area (Å²) in [7, 11) is 0. The molecule has 0 fully saturated rings. The number of aromatic nitrogens is 1. The molecule has 0 spiro atoms. The van der Waals surface area contributed by atoms with Gasteiger partial charge in [0.2, 0.25) is 0 Å². The SMILES string of the molecule is CCN(Cc1cccc(C)n1)C(=S)NC(C)C. The summed E-state index contributed by atoms with van der Waals surface area (Å²) >= 11 is 5.37. The van der Waals surface area contributed by atoms with Crippen LogP contribution in [0.3, 0.4) is 0 Å². The quantitative estimate of drug-likeness (QED) is 0.832. The van der Waals surface area contributed by atoms with Crippen molar-refractivity contribution in [2.24, 2.45) is 0 Å². The molecule has 94 valence electrons. The molecule has 3 nitrogen and oxygen atoms in total. The van der Waals surface area contributed by atoms with E-state index in [0.29, 0.717) is 6.04 Å². The molecule has 0 bridgehead atoms. The summed E-state index contributed by atoms with van der Waals surface area (Å²) in [6, 6.07) is 6.43. The van der Waals surface area contributed by atoms with Crippen LogP contribution < -0.4 is 5.32 Å². The molecular weight excluding hydrogens is 230 g/mol. The van der Waals surface area contributed by atoms with Gasteiger partial charge in [0.25, 0.3) is 0 Å². The van der Waals surface area contributed by atoms with Crippen LogP contribution >= 0.6 is 12.2 Å². The van der Waals surface area contributed by atoms with Crippen molar-refractivity contribution in [1.29, 1.82) is 0 Å². The van der Waals surface area contributed by atoms with E-state index in [4.69, 9.17) is 12.2 Å². The predicted molar refractivity (Wildman–Crippen MR) is 75.9 cm³/mol. The number of rotatable bonds is 4. The molecule has 0 radical (unpaired) electrons. The maximum absolute atomic E-state index is 5.37. The third-order valence-electron chi connectivity index (χ3n) is 2.38. The average molecular weight is 251 g/mol. The molecular formula is C13H21N3S. The van der Waals surface area contributed by atoms with Crippen molar-refractivity contribution in [3.05, 3.63) is 29.6 Å². The van der Waals surface area contributed by atoms with Crippen molar-refractivity contribution in [2.45, 2.75) is 40.3 Å². The second-order valence-corrected chi connectivity index (χ2v) is 4.78. The van der Waals surface area contributed by atoms with Gasteiger partial charge in [-0.15, -0.1) is 0 Å². The number of hydrogen-bond donors (Lipinski definition) is 1. The lowest BCUT2D eigenvalue weighted by molar-refractivity contribution is 0.416. The number of nitrogens with one attached hydrogen (secondary N) is 1. The summed E-state index contributed by atoms with van der Waals surface area (Å²) < 4.78 is 0. The predicted octanol–water partition coefficient (Wildman–Crippen LogP) is 2.49. The van der Waals surface area contributed by atoms with Gasteiger partial charge in [0.05, 0.1) is 12.2 Å². The standard InChI is InChI=1S/C13H21N3S/c1-5-16(13(17)14-10(2)3)9-12-8-6-7-11(4)15-12/h6-8,10H,5,9H2,1-4H3,(H,14,17). The van der Waals surface area contributed by atoms with Crippen LogP contribution in [-0.2, 0) is 6.54 Å². The summed E-state index contributed by atoms with van der Waals surface area (Å²) in [6.45, 7) is 9.93. The second kappa shape index (κ2) is 6.55. The molecule has 0 saturated heterocycles. The fourth-order valence-electron chi connectivity index (χ4n) is 1.55. The Morgan fingerprint density at radius 1 is 1.47 bits per heavy atom. The Balaban J connectivity index is 2.66. The zero-order chi connectivity index (χ0) is 12.8. The van der Waals surface area contributed by atoms with Crippen LogP contribution in [0.15, 0.2) is 18.2 Å². The van der Waals surface area contributed by atoms with E-state index in [0.717, 1.165) is 29.6 Å². The fourth-order valence-corrected chi connectivity index (χ4v) is 1.98. The minimum absolute atomic E-state index is 0.363. The number of aryl methyl sites for hydroxylation is 1. The Labute approximate surface area is 109 Å². The molecule has 0 aromatic carbocycles. The third-order valence-corrected chi connectivity index (χ3v) is 2.76. The first-order valence-electron chi connectivity index (χ1n) is 6.01. The van der Waals surface area contributed by atoms with E-state index in [2.05, 4.69) is 36.0 Å². The summed E-state index contributed by atoms with van der Waals surface area (Å²) in [4.78, 5) is 6.62. The monoisotopic (exact) mass is 251 g/mol. The highest BCUT2D eigenvalue weighted by atomic mass is 32.1. The lowest BCUT2D eigenvalue weighted by Crippen LogP contribution is -2.42. The Bertz CT molecular complexity index is 377. The van der Waals surface area contributed by atoms with Gasteiger partial charge in [0.1, 0.15) is 0 Å². The molecule has 0 aliphatic carbocycles. The molecule has 0 unspecified atom stereocenters. The minimum Gasteiger partial charge on any atom is -0.360 e. The highest BCUT2D eigenvalue weighted by Gasteiger charge is 2.09. The van der Waals surface area contributed by atoms with Crippen LogP contribution in [0.25, 0.3) is 0 Å². The van der Waals surface area contributed by atoms with Crippen molar-refractivity contribution in [3.63, 3.8) is 0 Å². The second-order valence-electron chi connectivity index (χ2n) is 4.39. The summed E-state index contributed by atoms with van der Waals surface area (Å²) in [5.41, 5.74) is 2.10. The molecule has 1 rings (SSSR count). The smallest absolute Gasteiger partial charge is 0.169 e. The van der Waals surface area contributed by atoms with Crippen molar-refractivity contribution in [3.8, 4) is 0 Å². The van der Waals surface area contributed by atoms with E-state index in [1.165, 1.54) is 0 Å². The molecule has 0 amide bonds. The van der Waals surface area contributed by atoms with Gasteiger partial charge in [-0.2, -0.15) is 0 Å². The fraction of sp³-hybridized carbons (Fsp3) is 0.538. The lowest BCUT2D eigenvalue weighted by atomic mass is 10.3. The largest absolute Gasteiger partial charge is 0.360 e. The Hall–Kier alpha value is -1.16. The van der Waals surface area contributed by atoms with E-state index in [1.807, 2.05) is 25.1 Å². The molecule has 0 aliphatic heterocycles. The van der Waals surface area contributed by atoms with E-state index >= 15 is 0 Å². The van der Waals surface area contributed by atoms with E-state index in [1.54, 1.807) is 0 Å². The summed E-state index contributed by atoms with van der Waals surface area (Å²) in [6.07, 6.45) is 0. The molecule has 1 heterocycles. The van der Waals surface area contributed by atoms with Crippen LogP contribution in [-0.4, -0.2) is 27.6 Å². The molecule has 0 saturated carbocycles. The number of nitrogens with zero attached hydrogens (tertiary/aromatic N) is 2. The van der Waals surface area contributed by atoms with Crippen LogP contribution in [0.4, 0.5) is 0 Å². The maximum atomic E-state index is 5.37. The topological polar surface area (TPSA) is 28.2 Å². The lowest BCUT2D eigenvalue weighted by Gasteiger charge is -2.25. The van der Waals surface area contributed by atoms with Crippen LogP contribution in [0.1, 0.15) is 32.2 Å². The van der Waals surface area contributed by atoms with Crippen molar-refractivity contribution < 1.29 is 0 Å². The van der Waals surface area contributed by atoms with Crippen LogP contribution in [0.5, 0.6) is 0 Å². The summed E-state index contributed by atoms with van der Waals surface area (Å²) in [5.74, 6) is 0. The highest BCUT2D eigenvalue weighted by Crippen LogP contribution is 2.04. The van der Waals surface area contributed by atoms with E-state index in [9.17, 15) is 0 Å². The molecule has 0 atom stereocenters. The molecule has 0 aliphatic rings. The zero-order valence-corrected chi connectivity index (χ0v) is 11.8. The van der Waals surface area contributed by atoms with Gasteiger partial charge in [0.15, 0.2) is 5.11 Å². The van der Waals surface area contributed by atoms with Gasteiger partial charge in [-0.1, -0.05) is 6.07 Å². The van der Waals surface area contributed by atoms with E-state index in [-0.39, 0.29) is 0 Å². The highest BCUT2D eigenvalue weighted by molar-refractivity contribution is 7.80. The first-order chi connectivity index (χ1) is 8.02. The van der Waals surface area contributed by atoms with Gasteiger partial charge in [-0.3, -0.25) is 4.98 Å².